The molecule has 0 aromatic heterocycles. The molecule has 1 fully saturated rings. The summed E-state index contributed by atoms with van der Waals surface area (Å²) in [6.07, 6.45) is -0.217. The molecule has 0 spiro atoms. The monoisotopic (exact) mass is 294 g/mol. The van der Waals surface area contributed by atoms with Gasteiger partial charge >= 0.3 is 0 Å². The Morgan fingerprint density at radius 1 is 1.15 bits per heavy atom. The van der Waals surface area contributed by atoms with Gasteiger partial charge in [-0.3, -0.25) is 0 Å². The molecule has 0 N–H and O–H groups in total. The highest BCUT2D eigenvalue weighted by Gasteiger charge is 2.58. The van der Waals surface area contributed by atoms with E-state index in [9.17, 15) is 8.78 Å². The number of hydrogen-bond acceptors (Lipinski definition) is 1. The smallest absolute Gasteiger partial charge is 0.159 e. The molecule has 1 saturated heterocycles. The van der Waals surface area contributed by atoms with Crippen molar-refractivity contribution in [1.29, 1.82) is 0 Å². The van der Waals surface area contributed by atoms with Gasteiger partial charge in [0.25, 0.3) is 0 Å². The van der Waals surface area contributed by atoms with Crippen LogP contribution in [0.4, 0.5) is 8.78 Å². The average molecular weight is 295 g/mol. The minimum absolute atomic E-state index is 0.192. The summed E-state index contributed by atoms with van der Waals surface area (Å²) >= 11 is 6.04. The average Bonchev–Trinajstić information content (AvgIpc) is 3.18. The van der Waals surface area contributed by atoms with Gasteiger partial charge in [-0.25, -0.2) is 8.78 Å². The fourth-order valence-corrected chi connectivity index (χ4v) is 2.89. The third-order valence-corrected chi connectivity index (χ3v) is 4.17. The highest BCUT2D eigenvalue weighted by atomic mass is 35.5. The van der Waals surface area contributed by atoms with E-state index in [1.165, 1.54) is 6.07 Å². The highest BCUT2D eigenvalue weighted by molar-refractivity contribution is 6.18. The number of hydrogen-bond donors (Lipinski definition) is 0. The van der Waals surface area contributed by atoms with E-state index >= 15 is 0 Å². The minimum atomic E-state index is -0.883. The van der Waals surface area contributed by atoms with Crippen molar-refractivity contribution in [3.05, 3.63) is 70.8 Å². The van der Waals surface area contributed by atoms with Crippen LogP contribution >= 0.6 is 11.6 Å². The summed E-state index contributed by atoms with van der Waals surface area (Å²) in [5.41, 5.74) is 1.92. The molecule has 4 heteroatoms. The van der Waals surface area contributed by atoms with Gasteiger partial charge < -0.3 is 4.74 Å². The number of alkyl halides is 1. The van der Waals surface area contributed by atoms with Crippen LogP contribution in [0.25, 0.3) is 0 Å². The van der Waals surface area contributed by atoms with Gasteiger partial charge in [0.2, 0.25) is 0 Å². The fraction of sp³-hybridized carbons (Fsp3) is 0.250. The lowest BCUT2D eigenvalue weighted by Gasteiger charge is -2.11. The summed E-state index contributed by atoms with van der Waals surface area (Å²) in [4.78, 5) is 0. The van der Waals surface area contributed by atoms with E-state index in [0.29, 0.717) is 5.56 Å². The lowest BCUT2D eigenvalue weighted by Crippen LogP contribution is -2.13. The second-order valence-electron chi connectivity index (χ2n) is 5.01. The molecule has 1 nitrogen and oxygen atoms in total. The topological polar surface area (TPSA) is 12.5 Å². The third-order valence-electron chi connectivity index (χ3n) is 3.77. The third kappa shape index (κ3) is 2.02. The summed E-state index contributed by atoms with van der Waals surface area (Å²) in [6, 6.07) is 11.6. The molecule has 0 radical (unpaired) electrons. The first-order chi connectivity index (χ1) is 9.58. The van der Waals surface area contributed by atoms with E-state index in [1.54, 1.807) is 0 Å². The molecule has 104 valence electrons. The number of aryl methyl sites for hydroxylation is 1. The predicted molar refractivity (Wildman–Crippen MR) is 73.8 cm³/mol. The molecule has 0 saturated carbocycles. The maximum Gasteiger partial charge on any atom is 0.159 e. The highest BCUT2D eigenvalue weighted by Crippen LogP contribution is 2.58. The molecular formula is C16H13ClF2O. The normalized spacial score (nSPS) is 24.7. The van der Waals surface area contributed by atoms with Crippen LogP contribution in [0.1, 0.15) is 22.8 Å². The summed E-state index contributed by atoms with van der Waals surface area (Å²) in [5.74, 6) is -1.56. The van der Waals surface area contributed by atoms with Crippen LogP contribution < -0.4 is 0 Å². The van der Waals surface area contributed by atoms with E-state index < -0.39 is 17.2 Å². The standard InChI is InChI=1S/C16H13ClF2O/c1-10-4-2-3-5-12(10)15-16(9-17,20-15)11-6-7-13(18)14(19)8-11/h2-8,15H,9H2,1H3. The lowest BCUT2D eigenvalue weighted by molar-refractivity contribution is 0.315. The van der Waals surface area contributed by atoms with Gasteiger partial charge in [-0.15, -0.1) is 11.6 Å². The van der Waals surface area contributed by atoms with Crippen molar-refractivity contribution in [2.45, 2.75) is 18.6 Å². The molecule has 2 aromatic rings. The first-order valence-electron chi connectivity index (χ1n) is 6.33. The summed E-state index contributed by atoms with van der Waals surface area (Å²) in [7, 11) is 0. The number of benzene rings is 2. The van der Waals surface area contributed by atoms with Gasteiger partial charge in [0.15, 0.2) is 11.6 Å². The summed E-state index contributed by atoms with van der Waals surface area (Å²) in [5, 5.41) is 0. The van der Waals surface area contributed by atoms with Crippen molar-refractivity contribution in [3.63, 3.8) is 0 Å². The zero-order valence-electron chi connectivity index (χ0n) is 10.9. The van der Waals surface area contributed by atoms with Gasteiger partial charge in [-0.05, 0) is 35.7 Å². The number of halogens is 3. The number of rotatable bonds is 3. The maximum atomic E-state index is 13.4. The molecule has 1 heterocycles. The Morgan fingerprint density at radius 2 is 1.90 bits per heavy atom. The second-order valence-corrected chi connectivity index (χ2v) is 5.27. The molecule has 0 bridgehead atoms. The fourth-order valence-electron chi connectivity index (χ4n) is 2.53. The molecule has 20 heavy (non-hydrogen) atoms. The van der Waals surface area contributed by atoms with E-state index in [-0.39, 0.29) is 12.0 Å². The minimum Gasteiger partial charge on any atom is -0.355 e. The molecular weight excluding hydrogens is 282 g/mol. The molecule has 0 aliphatic carbocycles. The van der Waals surface area contributed by atoms with Crippen LogP contribution in [-0.4, -0.2) is 5.88 Å². The molecule has 1 aliphatic heterocycles. The Kier molecular flexibility index (Phi) is 3.27. The van der Waals surface area contributed by atoms with Crippen LogP contribution in [0.5, 0.6) is 0 Å². The molecule has 2 unspecified atom stereocenters. The second kappa shape index (κ2) is 4.83. The van der Waals surface area contributed by atoms with Crippen LogP contribution in [-0.2, 0) is 10.3 Å². The maximum absolute atomic E-state index is 13.4. The molecule has 2 atom stereocenters. The number of ether oxygens (including phenoxy) is 1. The Balaban J connectivity index is 1.99. The molecule has 0 amide bonds. The first-order valence-corrected chi connectivity index (χ1v) is 6.87. The largest absolute Gasteiger partial charge is 0.355 e. The summed E-state index contributed by atoms with van der Waals surface area (Å²) < 4.78 is 32.2. The van der Waals surface area contributed by atoms with Gasteiger partial charge in [0, 0.05) is 0 Å². The van der Waals surface area contributed by atoms with Gasteiger partial charge in [-0.1, -0.05) is 30.3 Å². The Morgan fingerprint density at radius 3 is 2.55 bits per heavy atom. The quantitative estimate of drug-likeness (QED) is 0.601. The van der Waals surface area contributed by atoms with Gasteiger partial charge in [-0.2, -0.15) is 0 Å². The van der Waals surface area contributed by atoms with Crippen molar-refractivity contribution < 1.29 is 13.5 Å². The van der Waals surface area contributed by atoms with E-state index in [0.717, 1.165) is 23.3 Å². The SMILES string of the molecule is Cc1ccccc1C1OC1(CCl)c1ccc(F)c(F)c1. The zero-order chi connectivity index (χ0) is 14.3. The van der Waals surface area contributed by atoms with Gasteiger partial charge in [0.1, 0.15) is 11.7 Å². The number of epoxide rings is 1. The van der Waals surface area contributed by atoms with Crippen molar-refractivity contribution in [3.8, 4) is 0 Å². The van der Waals surface area contributed by atoms with Crippen LogP contribution in [0.15, 0.2) is 42.5 Å². The van der Waals surface area contributed by atoms with E-state index in [4.69, 9.17) is 16.3 Å². The van der Waals surface area contributed by atoms with E-state index in [2.05, 4.69) is 0 Å². The molecule has 2 aromatic carbocycles. The summed E-state index contributed by atoms with van der Waals surface area (Å²) in [6.45, 7) is 1.99. The van der Waals surface area contributed by atoms with Crippen molar-refractivity contribution in [2.24, 2.45) is 0 Å². The predicted octanol–water partition coefficient (Wildman–Crippen LogP) is 4.48. The molecule has 3 rings (SSSR count). The zero-order valence-corrected chi connectivity index (χ0v) is 11.6. The van der Waals surface area contributed by atoms with Crippen molar-refractivity contribution in [2.75, 3.05) is 5.88 Å². The lowest BCUT2D eigenvalue weighted by atomic mass is 9.91. The van der Waals surface area contributed by atoms with Crippen LogP contribution in [0, 0.1) is 18.6 Å². The Hall–Kier alpha value is -1.45. The van der Waals surface area contributed by atoms with Crippen molar-refractivity contribution in [1.82, 2.24) is 0 Å². The first kappa shape index (κ1) is 13.5. The van der Waals surface area contributed by atoms with Crippen LogP contribution in [0.3, 0.4) is 0 Å². The van der Waals surface area contributed by atoms with Crippen LogP contribution in [0.2, 0.25) is 0 Å². The Bertz CT molecular complexity index is 659. The molecule has 1 aliphatic rings. The Labute approximate surface area is 121 Å². The van der Waals surface area contributed by atoms with E-state index in [1.807, 2.05) is 31.2 Å². The van der Waals surface area contributed by atoms with Crippen molar-refractivity contribution >= 4 is 11.6 Å². The van der Waals surface area contributed by atoms with Gasteiger partial charge in [0.05, 0.1) is 5.88 Å².